The molecule has 0 saturated carbocycles. The molecule has 0 N–H and O–H groups in total. The fourth-order valence-electron chi connectivity index (χ4n) is 1.45. The molecular weight excluding hydrogens is 164 g/mol. The summed E-state index contributed by atoms with van der Waals surface area (Å²) in [6, 6.07) is 1.72. The maximum absolute atomic E-state index is 11.5. The fraction of sp³-hybridized carbons (Fsp3) is 0.545. The van der Waals surface area contributed by atoms with Gasteiger partial charge in [0.1, 0.15) is 6.26 Å². The Hall–Kier alpha value is -1.05. The molecule has 0 aliphatic carbocycles. The number of hydrogen-bond donors (Lipinski definition) is 0. The highest BCUT2D eigenvalue weighted by Crippen LogP contribution is 2.14. The van der Waals surface area contributed by atoms with E-state index in [2.05, 4.69) is 13.8 Å². The quantitative estimate of drug-likeness (QED) is 0.651. The first kappa shape index (κ1) is 10.0. The Bertz CT molecular complexity index is 249. The van der Waals surface area contributed by atoms with E-state index in [9.17, 15) is 4.79 Å². The lowest BCUT2D eigenvalue weighted by Crippen LogP contribution is -2.04. The zero-order chi connectivity index (χ0) is 9.68. The maximum atomic E-state index is 11.5. The largest absolute Gasteiger partial charge is 0.472 e. The van der Waals surface area contributed by atoms with Crippen molar-refractivity contribution in [2.75, 3.05) is 0 Å². The standard InChI is InChI=1S/C11H16O2/c1-3-4-9(2)7-11(12)10-5-6-13-8-10/h5-6,8-9H,3-4,7H2,1-2H3. The third kappa shape index (κ3) is 3.05. The summed E-state index contributed by atoms with van der Waals surface area (Å²) >= 11 is 0. The molecule has 0 amide bonds. The molecule has 13 heavy (non-hydrogen) atoms. The van der Waals surface area contributed by atoms with Crippen LogP contribution in [0.3, 0.4) is 0 Å². The lowest BCUT2D eigenvalue weighted by Gasteiger charge is -2.06. The molecule has 0 fully saturated rings. The third-order valence-corrected chi connectivity index (χ3v) is 2.16. The average Bonchev–Trinajstić information content (AvgIpc) is 2.55. The Morgan fingerprint density at radius 3 is 2.92 bits per heavy atom. The van der Waals surface area contributed by atoms with Gasteiger partial charge in [0, 0.05) is 6.42 Å². The van der Waals surface area contributed by atoms with Crippen LogP contribution >= 0.6 is 0 Å². The van der Waals surface area contributed by atoms with Gasteiger partial charge in [0.2, 0.25) is 0 Å². The van der Waals surface area contributed by atoms with Gasteiger partial charge < -0.3 is 4.42 Å². The van der Waals surface area contributed by atoms with Crippen molar-refractivity contribution in [2.24, 2.45) is 5.92 Å². The molecule has 0 spiro atoms. The number of Topliss-reactive ketones (excluding diaryl/α,β-unsaturated/α-hetero) is 1. The number of ketones is 1. The first-order valence-electron chi connectivity index (χ1n) is 4.79. The van der Waals surface area contributed by atoms with Crippen LogP contribution in [-0.4, -0.2) is 5.78 Å². The van der Waals surface area contributed by atoms with Gasteiger partial charge in [0.05, 0.1) is 11.8 Å². The summed E-state index contributed by atoms with van der Waals surface area (Å²) in [6.07, 6.45) is 5.94. The van der Waals surface area contributed by atoms with E-state index in [0.29, 0.717) is 17.9 Å². The highest BCUT2D eigenvalue weighted by Gasteiger charge is 2.11. The summed E-state index contributed by atoms with van der Waals surface area (Å²) in [7, 11) is 0. The minimum Gasteiger partial charge on any atom is -0.472 e. The molecule has 1 rings (SSSR count). The van der Waals surface area contributed by atoms with E-state index >= 15 is 0 Å². The second-order valence-corrected chi connectivity index (χ2v) is 3.53. The molecule has 1 heterocycles. The molecule has 0 bridgehead atoms. The summed E-state index contributed by atoms with van der Waals surface area (Å²) in [4.78, 5) is 11.5. The van der Waals surface area contributed by atoms with Gasteiger partial charge in [-0.25, -0.2) is 0 Å². The van der Waals surface area contributed by atoms with Crippen molar-refractivity contribution in [3.8, 4) is 0 Å². The highest BCUT2D eigenvalue weighted by molar-refractivity contribution is 5.95. The summed E-state index contributed by atoms with van der Waals surface area (Å²) in [5, 5.41) is 0. The van der Waals surface area contributed by atoms with Crippen LogP contribution in [0.1, 0.15) is 43.5 Å². The van der Waals surface area contributed by atoms with Crippen LogP contribution < -0.4 is 0 Å². The number of rotatable bonds is 5. The van der Waals surface area contributed by atoms with Gasteiger partial charge in [-0.3, -0.25) is 4.79 Å². The van der Waals surface area contributed by atoms with E-state index in [0.717, 1.165) is 12.8 Å². The minimum atomic E-state index is 0.190. The van der Waals surface area contributed by atoms with Crippen LogP contribution in [0.25, 0.3) is 0 Å². The minimum absolute atomic E-state index is 0.190. The number of carbonyl (C=O) groups is 1. The smallest absolute Gasteiger partial charge is 0.166 e. The molecule has 0 radical (unpaired) electrons. The number of furan rings is 1. The van der Waals surface area contributed by atoms with Crippen molar-refractivity contribution in [1.82, 2.24) is 0 Å². The third-order valence-electron chi connectivity index (χ3n) is 2.16. The van der Waals surface area contributed by atoms with Crippen molar-refractivity contribution < 1.29 is 9.21 Å². The molecule has 1 atom stereocenters. The molecule has 1 unspecified atom stereocenters. The molecule has 0 aromatic carbocycles. The van der Waals surface area contributed by atoms with Gasteiger partial charge in [-0.2, -0.15) is 0 Å². The van der Waals surface area contributed by atoms with Gasteiger partial charge in [0.15, 0.2) is 5.78 Å². The summed E-state index contributed by atoms with van der Waals surface area (Å²) in [5.74, 6) is 0.669. The molecule has 1 aromatic rings. The van der Waals surface area contributed by atoms with Crippen LogP contribution in [0.4, 0.5) is 0 Å². The fourth-order valence-corrected chi connectivity index (χ4v) is 1.45. The first-order valence-corrected chi connectivity index (χ1v) is 4.79. The van der Waals surface area contributed by atoms with Crippen LogP contribution in [0.2, 0.25) is 0 Å². The second-order valence-electron chi connectivity index (χ2n) is 3.53. The molecule has 2 nitrogen and oxygen atoms in total. The van der Waals surface area contributed by atoms with Gasteiger partial charge in [-0.05, 0) is 12.0 Å². The Labute approximate surface area is 78.9 Å². The van der Waals surface area contributed by atoms with Crippen molar-refractivity contribution in [3.05, 3.63) is 24.2 Å². The van der Waals surface area contributed by atoms with Crippen LogP contribution in [0.15, 0.2) is 23.0 Å². The predicted octanol–water partition coefficient (Wildman–Crippen LogP) is 3.29. The van der Waals surface area contributed by atoms with E-state index < -0.39 is 0 Å². The van der Waals surface area contributed by atoms with Crippen LogP contribution in [-0.2, 0) is 0 Å². The zero-order valence-corrected chi connectivity index (χ0v) is 8.25. The maximum Gasteiger partial charge on any atom is 0.166 e. The van der Waals surface area contributed by atoms with E-state index in [4.69, 9.17) is 4.42 Å². The molecular formula is C11H16O2. The topological polar surface area (TPSA) is 30.2 Å². The van der Waals surface area contributed by atoms with Crippen LogP contribution in [0, 0.1) is 5.92 Å². The van der Waals surface area contributed by atoms with Crippen molar-refractivity contribution >= 4 is 5.78 Å². The van der Waals surface area contributed by atoms with E-state index in [1.54, 1.807) is 6.07 Å². The van der Waals surface area contributed by atoms with Crippen LogP contribution in [0.5, 0.6) is 0 Å². The molecule has 72 valence electrons. The Morgan fingerprint density at radius 2 is 2.38 bits per heavy atom. The lowest BCUT2D eigenvalue weighted by atomic mass is 9.97. The molecule has 0 saturated heterocycles. The molecule has 0 aliphatic heterocycles. The molecule has 2 heteroatoms. The average molecular weight is 180 g/mol. The van der Waals surface area contributed by atoms with Crippen molar-refractivity contribution in [1.29, 1.82) is 0 Å². The number of hydrogen-bond acceptors (Lipinski definition) is 2. The Morgan fingerprint density at radius 1 is 1.62 bits per heavy atom. The predicted molar refractivity (Wildman–Crippen MR) is 51.7 cm³/mol. The first-order chi connectivity index (χ1) is 6.24. The van der Waals surface area contributed by atoms with E-state index in [1.165, 1.54) is 12.5 Å². The van der Waals surface area contributed by atoms with Gasteiger partial charge >= 0.3 is 0 Å². The highest BCUT2D eigenvalue weighted by atomic mass is 16.3. The Balaban J connectivity index is 2.42. The van der Waals surface area contributed by atoms with Gasteiger partial charge in [-0.15, -0.1) is 0 Å². The summed E-state index contributed by atoms with van der Waals surface area (Å²) in [6.45, 7) is 4.25. The zero-order valence-electron chi connectivity index (χ0n) is 8.25. The summed E-state index contributed by atoms with van der Waals surface area (Å²) < 4.78 is 4.86. The number of carbonyl (C=O) groups excluding carboxylic acids is 1. The van der Waals surface area contributed by atoms with Gasteiger partial charge in [0.25, 0.3) is 0 Å². The van der Waals surface area contributed by atoms with Crippen molar-refractivity contribution in [3.63, 3.8) is 0 Å². The second kappa shape index (κ2) is 4.85. The molecule has 1 aromatic heterocycles. The summed E-state index contributed by atoms with van der Waals surface area (Å²) in [5.41, 5.74) is 0.697. The molecule has 0 aliphatic rings. The SMILES string of the molecule is CCCC(C)CC(=O)c1ccoc1. The normalized spacial score (nSPS) is 12.8. The van der Waals surface area contributed by atoms with E-state index in [-0.39, 0.29) is 5.78 Å². The van der Waals surface area contributed by atoms with Crippen molar-refractivity contribution in [2.45, 2.75) is 33.1 Å². The van der Waals surface area contributed by atoms with E-state index in [1.807, 2.05) is 0 Å². The Kier molecular flexibility index (Phi) is 3.74. The monoisotopic (exact) mass is 180 g/mol. The van der Waals surface area contributed by atoms with Gasteiger partial charge in [-0.1, -0.05) is 26.7 Å². The lowest BCUT2D eigenvalue weighted by molar-refractivity contribution is 0.0962.